The lowest BCUT2D eigenvalue weighted by Gasteiger charge is -1.96. The highest BCUT2D eigenvalue weighted by Gasteiger charge is 2.06. The van der Waals surface area contributed by atoms with Crippen molar-refractivity contribution in [3.05, 3.63) is 46.0 Å². The predicted octanol–water partition coefficient (Wildman–Crippen LogP) is 3.28. The van der Waals surface area contributed by atoms with Crippen LogP contribution in [-0.2, 0) is 6.54 Å². The maximum atomic E-state index is 5.62. The molecule has 0 aromatic carbocycles. The van der Waals surface area contributed by atoms with Gasteiger partial charge >= 0.3 is 0 Å². The Morgan fingerprint density at radius 2 is 2.29 bits per heavy atom. The highest BCUT2D eigenvalue weighted by atomic mass is 79.9. The average Bonchev–Trinajstić information content (AvgIpc) is 2.93. The summed E-state index contributed by atoms with van der Waals surface area (Å²) in [5.41, 5.74) is 8.65. The number of halogens is 1. The first kappa shape index (κ1) is 11.0. The van der Waals surface area contributed by atoms with Crippen LogP contribution in [0, 0.1) is 0 Å². The second-order valence-corrected chi connectivity index (χ2v) is 5.59. The van der Waals surface area contributed by atoms with Gasteiger partial charge in [0, 0.05) is 28.8 Å². The van der Waals surface area contributed by atoms with Gasteiger partial charge in [0.1, 0.15) is 5.65 Å². The molecular formula is C12H10BrN3S. The molecule has 0 aliphatic rings. The van der Waals surface area contributed by atoms with E-state index in [-0.39, 0.29) is 0 Å². The summed E-state index contributed by atoms with van der Waals surface area (Å²) in [6, 6.07) is 6.12. The Morgan fingerprint density at radius 3 is 3.00 bits per heavy atom. The third-order valence-corrected chi connectivity index (χ3v) is 4.29. The molecule has 0 saturated heterocycles. The number of fused-ring (bicyclic) bond motifs is 1. The van der Waals surface area contributed by atoms with Gasteiger partial charge in [0.05, 0.1) is 10.6 Å². The molecule has 0 saturated carbocycles. The molecule has 5 heteroatoms. The van der Waals surface area contributed by atoms with Crippen LogP contribution in [0.4, 0.5) is 0 Å². The van der Waals surface area contributed by atoms with Gasteiger partial charge in [-0.15, -0.1) is 11.3 Å². The molecule has 0 atom stereocenters. The molecule has 0 amide bonds. The minimum atomic E-state index is 0.545. The average molecular weight is 308 g/mol. The van der Waals surface area contributed by atoms with Gasteiger partial charge in [0.2, 0.25) is 0 Å². The number of pyridine rings is 1. The van der Waals surface area contributed by atoms with Crippen LogP contribution in [0.1, 0.15) is 5.56 Å². The molecule has 3 heterocycles. The summed E-state index contributed by atoms with van der Waals surface area (Å²) < 4.78 is 3.11. The Labute approximate surface area is 111 Å². The van der Waals surface area contributed by atoms with Crippen molar-refractivity contribution in [1.29, 1.82) is 0 Å². The van der Waals surface area contributed by atoms with E-state index in [2.05, 4.69) is 32.4 Å². The molecule has 0 unspecified atom stereocenters. The maximum absolute atomic E-state index is 5.62. The largest absolute Gasteiger partial charge is 0.326 e. The number of imidazole rings is 1. The zero-order chi connectivity index (χ0) is 11.8. The number of rotatable bonds is 2. The summed E-state index contributed by atoms with van der Waals surface area (Å²) in [5.74, 6) is 0. The molecule has 0 aliphatic heterocycles. The van der Waals surface area contributed by atoms with Crippen LogP contribution in [0.25, 0.3) is 16.2 Å². The minimum Gasteiger partial charge on any atom is -0.326 e. The van der Waals surface area contributed by atoms with Crippen LogP contribution in [0.15, 0.2) is 40.4 Å². The molecule has 3 aromatic heterocycles. The fourth-order valence-electron chi connectivity index (χ4n) is 1.72. The third-order valence-electron chi connectivity index (χ3n) is 2.58. The van der Waals surface area contributed by atoms with Crippen molar-refractivity contribution >= 4 is 32.9 Å². The van der Waals surface area contributed by atoms with Crippen LogP contribution in [0.5, 0.6) is 0 Å². The Kier molecular flexibility index (Phi) is 2.74. The van der Waals surface area contributed by atoms with Crippen molar-refractivity contribution < 1.29 is 0 Å². The fraction of sp³-hybridized carbons (Fsp3) is 0.0833. The summed E-state index contributed by atoms with van der Waals surface area (Å²) in [5, 5.41) is 2.06. The number of nitrogens with zero attached hydrogens (tertiary/aromatic N) is 2. The molecule has 0 spiro atoms. The van der Waals surface area contributed by atoms with Crippen molar-refractivity contribution in [2.45, 2.75) is 6.54 Å². The van der Waals surface area contributed by atoms with Crippen LogP contribution in [0.2, 0.25) is 0 Å². The monoisotopic (exact) mass is 307 g/mol. The van der Waals surface area contributed by atoms with E-state index in [1.807, 2.05) is 28.9 Å². The van der Waals surface area contributed by atoms with Crippen LogP contribution in [0.3, 0.4) is 0 Å². The van der Waals surface area contributed by atoms with E-state index in [4.69, 9.17) is 5.73 Å². The third kappa shape index (κ3) is 2.01. The molecule has 3 nitrogen and oxygen atoms in total. The summed E-state index contributed by atoms with van der Waals surface area (Å²) in [7, 11) is 0. The lowest BCUT2D eigenvalue weighted by molar-refractivity contribution is 1.05. The highest BCUT2D eigenvalue weighted by Crippen LogP contribution is 2.29. The zero-order valence-corrected chi connectivity index (χ0v) is 11.3. The molecule has 0 aliphatic carbocycles. The number of hydrogen-bond acceptors (Lipinski definition) is 3. The quantitative estimate of drug-likeness (QED) is 0.789. The molecule has 3 aromatic rings. The first-order valence-corrected chi connectivity index (χ1v) is 6.85. The summed E-state index contributed by atoms with van der Waals surface area (Å²) in [6.45, 7) is 0.545. The zero-order valence-electron chi connectivity index (χ0n) is 8.93. The SMILES string of the molecule is NCc1ccn2cc(-c3cc(Br)cs3)nc2c1. The number of hydrogen-bond donors (Lipinski definition) is 1. The van der Waals surface area contributed by atoms with E-state index in [1.54, 1.807) is 11.3 Å². The van der Waals surface area contributed by atoms with Crippen molar-refractivity contribution in [1.82, 2.24) is 9.38 Å². The highest BCUT2D eigenvalue weighted by molar-refractivity contribution is 9.10. The van der Waals surface area contributed by atoms with E-state index >= 15 is 0 Å². The van der Waals surface area contributed by atoms with Crippen LogP contribution >= 0.6 is 27.3 Å². The summed E-state index contributed by atoms with van der Waals surface area (Å²) >= 11 is 5.14. The summed E-state index contributed by atoms with van der Waals surface area (Å²) in [4.78, 5) is 5.76. The van der Waals surface area contributed by atoms with E-state index in [1.165, 1.54) is 0 Å². The standard InChI is InChI=1S/C12H10BrN3S/c13-9-4-11(17-7-9)10-6-16-2-1-8(5-14)3-12(16)15-10/h1-4,6-7H,5,14H2. The van der Waals surface area contributed by atoms with Gasteiger partial charge in [-0.2, -0.15) is 0 Å². The van der Waals surface area contributed by atoms with Crippen molar-refractivity contribution in [2.24, 2.45) is 5.73 Å². The first-order chi connectivity index (χ1) is 8.26. The van der Waals surface area contributed by atoms with Crippen LogP contribution < -0.4 is 5.73 Å². The van der Waals surface area contributed by atoms with Gasteiger partial charge in [0.25, 0.3) is 0 Å². The lowest BCUT2D eigenvalue weighted by Crippen LogP contribution is -1.96. The lowest BCUT2D eigenvalue weighted by atomic mass is 10.3. The van der Waals surface area contributed by atoms with E-state index in [9.17, 15) is 0 Å². The molecule has 3 rings (SSSR count). The smallest absolute Gasteiger partial charge is 0.137 e. The molecular weight excluding hydrogens is 298 g/mol. The van der Waals surface area contributed by atoms with Gasteiger partial charge in [0.15, 0.2) is 0 Å². The molecule has 0 fully saturated rings. The molecule has 17 heavy (non-hydrogen) atoms. The number of nitrogens with two attached hydrogens (primary N) is 1. The predicted molar refractivity (Wildman–Crippen MR) is 74.1 cm³/mol. The first-order valence-electron chi connectivity index (χ1n) is 5.18. The van der Waals surface area contributed by atoms with Gasteiger partial charge in [-0.1, -0.05) is 0 Å². The molecule has 2 N–H and O–H groups in total. The van der Waals surface area contributed by atoms with E-state index in [0.29, 0.717) is 6.54 Å². The Morgan fingerprint density at radius 1 is 1.41 bits per heavy atom. The minimum absolute atomic E-state index is 0.545. The van der Waals surface area contributed by atoms with Gasteiger partial charge in [-0.05, 0) is 39.7 Å². The maximum Gasteiger partial charge on any atom is 0.137 e. The van der Waals surface area contributed by atoms with Gasteiger partial charge in [-0.3, -0.25) is 0 Å². The second-order valence-electron chi connectivity index (χ2n) is 3.76. The van der Waals surface area contributed by atoms with Crippen LogP contribution in [-0.4, -0.2) is 9.38 Å². The molecule has 86 valence electrons. The van der Waals surface area contributed by atoms with Crippen molar-refractivity contribution in [3.8, 4) is 10.6 Å². The fourth-order valence-corrected chi connectivity index (χ4v) is 3.10. The Balaban J connectivity index is 2.13. The van der Waals surface area contributed by atoms with Gasteiger partial charge in [-0.25, -0.2) is 4.98 Å². The van der Waals surface area contributed by atoms with E-state index in [0.717, 1.165) is 26.3 Å². The molecule has 0 bridgehead atoms. The van der Waals surface area contributed by atoms with E-state index < -0.39 is 0 Å². The Hall–Kier alpha value is -1.17. The topological polar surface area (TPSA) is 43.3 Å². The van der Waals surface area contributed by atoms with Crippen molar-refractivity contribution in [3.63, 3.8) is 0 Å². The van der Waals surface area contributed by atoms with Crippen molar-refractivity contribution in [2.75, 3.05) is 0 Å². The second kappa shape index (κ2) is 4.25. The molecule has 0 radical (unpaired) electrons. The Bertz CT molecular complexity index is 671. The normalized spacial score (nSPS) is 11.2. The number of aromatic nitrogens is 2. The van der Waals surface area contributed by atoms with Gasteiger partial charge < -0.3 is 10.1 Å². The summed E-state index contributed by atoms with van der Waals surface area (Å²) in [6.07, 6.45) is 4.03. The number of thiophene rings is 1.